The van der Waals surface area contributed by atoms with Gasteiger partial charge in [-0.15, -0.1) is 0 Å². The Kier molecular flexibility index (Phi) is 3.48. The minimum atomic E-state index is -2.47. The van der Waals surface area contributed by atoms with Gasteiger partial charge in [0.05, 0.1) is 11.1 Å². The van der Waals surface area contributed by atoms with Crippen LogP contribution in [0.2, 0.25) is 5.02 Å². The highest BCUT2D eigenvalue weighted by Gasteiger charge is 2.29. The predicted molar refractivity (Wildman–Crippen MR) is 60.5 cm³/mol. The average Bonchev–Trinajstić information content (AvgIpc) is 2.24. The molecule has 7 heteroatoms. The molecule has 92 valence electrons. The fraction of sp³-hybridized carbons (Fsp3) is 0.300. The minimum absolute atomic E-state index is 0.0820. The zero-order valence-electron chi connectivity index (χ0n) is 8.63. The third kappa shape index (κ3) is 2.50. The molecule has 5 nitrogen and oxygen atoms in total. The van der Waals surface area contributed by atoms with Crippen LogP contribution in [-0.2, 0) is 11.1 Å². The van der Waals surface area contributed by atoms with Crippen LogP contribution in [0.5, 0.6) is 0 Å². The number of carbonyl (C=O) groups is 1. The van der Waals surface area contributed by atoms with E-state index in [9.17, 15) is 13.6 Å². The summed E-state index contributed by atoms with van der Waals surface area (Å²) in [7, 11) is 0. The van der Waals surface area contributed by atoms with Crippen LogP contribution in [0.4, 0.5) is 0 Å². The Morgan fingerprint density at radius 1 is 1.53 bits per heavy atom. The molecule has 1 amide bonds. The number of rotatable bonds is 2. The largest absolute Gasteiger partial charge is 0.768 e. The second-order valence-electron chi connectivity index (χ2n) is 3.74. The summed E-state index contributed by atoms with van der Waals surface area (Å²) >= 11 is 3.21. The normalized spacial score (nSPS) is 17.7. The summed E-state index contributed by atoms with van der Waals surface area (Å²) in [5.74, 6) is -0.307. The van der Waals surface area contributed by atoms with E-state index >= 15 is 0 Å². The maximum Gasteiger partial charge on any atom is 0.254 e. The zero-order chi connectivity index (χ0) is 12.6. The number of β-amino-alcohol motifs (C(OH)–C–C–N with tert-alkyl or cyclic N) is 1. The second-order valence-corrected chi connectivity index (χ2v) is 5.06. The number of likely N-dealkylation sites (tertiary alicyclic amines) is 1. The summed E-state index contributed by atoms with van der Waals surface area (Å²) < 4.78 is 21.7. The molecule has 1 saturated heterocycles. The first kappa shape index (κ1) is 12.5. The van der Waals surface area contributed by atoms with Crippen molar-refractivity contribution in [3.63, 3.8) is 0 Å². The Hall–Kier alpha value is -0.950. The van der Waals surface area contributed by atoms with Crippen LogP contribution >= 0.6 is 11.6 Å². The first-order valence-electron chi connectivity index (χ1n) is 4.85. The number of hydrogen-bond donors (Lipinski definition) is 1. The molecule has 0 radical (unpaired) electrons. The first-order valence-corrected chi connectivity index (χ1v) is 6.30. The van der Waals surface area contributed by atoms with Gasteiger partial charge in [-0.25, -0.2) is 0 Å². The topological polar surface area (TPSA) is 80.7 Å². The third-order valence-electron chi connectivity index (χ3n) is 2.51. The van der Waals surface area contributed by atoms with Crippen LogP contribution in [0, 0.1) is 0 Å². The lowest BCUT2D eigenvalue weighted by atomic mass is 10.1. The number of aliphatic hydroxyl groups is 1. The van der Waals surface area contributed by atoms with Gasteiger partial charge < -0.3 is 14.6 Å². The molecule has 1 fully saturated rings. The molecule has 0 bridgehead atoms. The molecule has 0 saturated carbocycles. The molecule has 1 heterocycles. The van der Waals surface area contributed by atoms with Crippen LogP contribution in [0.3, 0.4) is 0 Å². The van der Waals surface area contributed by atoms with E-state index in [2.05, 4.69) is 0 Å². The Morgan fingerprint density at radius 2 is 2.18 bits per heavy atom. The van der Waals surface area contributed by atoms with Gasteiger partial charge in [0.15, 0.2) is 0 Å². The van der Waals surface area contributed by atoms with Gasteiger partial charge >= 0.3 is 0 Å². The van der Waals surface area contributed by atoms with Crippen LogP contribution < -0.4 is 0 Å². The number of carbonyl (C=O) groups excluding carboxylic acids is 1. The van der Waals surface area contributed by atoms with Crippen molar-refractivity contribution in [2.45, 2.75) is 11.0 Å². The smallest absolute Gasteiger partial charge is 0.254 e. The van der Waals surface area contributed by atoms with Gasteiger partial charge in [-0.05, 0) is 29.3 Å². The van der Waals surface area contributed by atoms with Gasteiger partial charge in [-0.3, -0.25) is 9.00 Å². The molecule has 1 aliphatic rings. The fourth-order valence-corrected chi connectivity index (χ4v) is 2.32. The number of aliphatic hydroxyl groups excluding tert-OH is 1. The van der Waals surface area contributed by atoms with Gasteiger partial charge in [0.1, 0.15) is 0 Å². The van der Waals surface area contributed by atoms with E-state index in [-0.39, 0.29) is 34.5 Å². The molecule has 0 spiro atoms. The highest BCUT2D eigenvalue weighted by molar-refractivity contribution is 7.79. The number of nitrogens with zero attached hydrogens (tertiary/aromatic N) is 1. The predicted octanol–water partition coefficient (Wildman–Crippen LogP) is 0.395. The molecule has 1 aliphatic heterocycles. The Balaban J connectivity index is 2.24. The molecule has 2 rings (SSSR count). The standard InChI is InChI=1S/C10H10ClNO4S/c11-8-2-1-6(3-9(8)17(15)16)10(14)12-4-7(13)5-12/h1-3,7,13H,4-5H2,(H,15,16)/p-1. The van der Waals surface area contributed by atoms with Gasteiger partial charge in [0, 0.05) is 23.5 Å². The lowest BCUT2D eigenvalue weighted by Gasteiger charge is -2.36. The summed E-state index contributed by atoms with van der Waals surface area (Å²) in [5.41, 5.74) is 0.250. The van der Waals surface area contributed by atoms with E-state index in [1.165, 1.54) is 23.1 Å². The van der Waals surface area contributed by atoms with E-state index in [0.717, 1.165) is 0 Å². The van der Waals surface area contributed by atoms with Gasteiger partial charge in [-0.2, -0.15) is 0 Å². The summed E-state index contributed by atoms with van der Waals surface area (Å²) in [6, 6.07) is 4.07. The fourth-order valence-electron chi connectivity index (χ4n) is 1.57. The van der Waals surface area contributed by atoms with Crippen molar-refractivity contribution in [2.24, 2.45) is 0 Å². The van der Waals surface area contributed by atoms with E-state index in [0.29, 0.717) is 0 Å². The summed E-state index contributed by atoms with van der Waals surface area (Å²) in [4.78, 5) is 13.2. The Morgan fingerprint density at radius 3 is 2.71 bits per heavy atom. The van der Waals surface area contributed by atoms with E-state index in [1.807, 2.05) is 0 Å². The monoisotopic (exact) mass is 274 g/mol. The molecule has 1 aromatic rings. The van der Waals surface area contributed by atoms with Gasteiger partial charge in [0.25, 0.3) is 5.91 Å². The lowest BCUT2D eigenvalue weighted by molar-refractivity contribution is 0.00588. The molecule has 0 aliphatic carbocycles. The summed E-state index contributed by atoms with van der Waals surface area (Å²) in [6.07, 6.45) is -0.487. The third-order valence-corrected chi connectivity index (χ3v) is 3.65. The summed E-state index contributed by atoms with van der Waals surface area (Å²) in [6.45, 7) is 0.550. The number of hydrogen-bond acceptors (Lipinski definition) is 4. The zero-order valence-corrected chi connectivity index (χ0v) is 10.2. The van der Waals surface area contributed by atoms with Crippen molar-refractivity contribution in [3.05, 3.63) is 28.8 Å². The average molecular weight is 275 g/mol. The molecule has 1 atom stereocenters. The molecule has 1 aromatic carbocycles. The van der Waals surface area contributed by atoms with Crippen LogP contribution in [0.15, 0.2) is 23.1 Å². The highest BCUT2D eigenvalue weighted by atomic mass is 35.5. The van der Waals surface area contributed by atoms with Crippen molar-refractivity contribution in [1.82, 2.24) is 4.90 Å². The number of benzene rings is 1. The van der Waals surface area contributed by atoms with Crippen molar-refractivity contribution in [3.8, 4) is 0 Å². The van der Waals surface area contributed by atoms with E-state index in [1.54, 1.807) is 0 Å². The quantitative estimate of drug-likeness (QED) is 0.792. The van der Waals surface area contributed by atoms with Crippen molar-refractivity contribution < 1.29 is 18.7 Å². The lowest BCUT2D eigenvalue weighted by Crippen LogP contribution is -2.53. The first-order chi connectivity index (χ1) is 7.99. The summed E-state index contributed by atoms with van der Waals surface area (Å²) in [5, 5.41) is 9.17. The van der Waals surface area contributed by atoms with Crippen molar-refractivity contribution in [1.29, 1.82) is 0 Å². The molecule has 1 N–H and O–H groups in total. The van der Waals surface area contributed by atoms with Crippen LogP contribution in [0.1, 0.15) is 10.4 Å². The van der Waals surface area contributed by atoms with Crippen molar-refractivity contribution in [2.75, 3.05) is 13.1 Å². The van der Waals surface area contributed by atoms with Crippen LogP contribution in [-0.4, -0.2) is 43.9 Å². The maximum absolute atomic E-state index is 11.8. The van der Waals surface area contributed by atoms with E-state index in [4.69, 9.17) is 16.7 Å². The highest BCUT2D eigenvalue weighted by Crippen LogP contribution is 2.22. The van der Waals surface area contributed by atoms with Gasteiger partial charge in [-0.1, -0.05) is 11.6 Å². The number of amides is 1. The maximum atomic E-state index is 11.8. The molecule has 0 aromatic heterocycles. The molecular formula is C10H9ClNO4S-. The minimum Gasteiger partial charge on any atom is -0.768 e. The Bertz CT molecular complexity index is 487. The van der Waals surface area contributed by atoms with Crippen molar-refractivity contribution >= 4 is 28.6 Å². The molecule has 17 heavy (non-hydrogen) atoms. The Labute approximate surface area is 105 Å². The SMILES string of the molecule is O=C(c1ccc(Cl)c(S(=O)[O-])c1)N1CC(O)C1. The van der Waals surface area contributed by atoms with Gasteiger partial charge in [0.2, 0.25) is 0 Å². The second kappa shape index (κ2) is 4.73. The number of halogens is 1. The molecule has 1 unspecified atom stereocenters. The van der Waals surface area contributed by atoms with E-state index < -0.39 is 17.2 Å². The molecular weight excluding hydrogens is 266 g/mol. The van der Waals surface area contributed by atoms with Crippen LogP contribution in [0.25, 0.3) is 0 Å².